The van der Waals surface area contributed by atoms with E-state index in [4.69, 9.17) is 5.11 Å². The Morgan fingerprint density at radius 2 is 1.70 bits per heavy atom. The van der Waals surface area contributed by atoms with Crippen LogP contribution in [0.1, 0.15) is 88.2 Å². The maximum Gasteiger partial charge on any atom is 0.328 e. The molecule has 2 heteroatoms. The van der Waals surface area contributed by atoms with Crippen molar-refractivity contribution in [2.75, 3.05) is 0 Å². The first-order valence-electron chi connectivity index (χ1n) is 10.8. The van der Waals surface area contributed by atoms with Crippen molar-refractivity contribution in [1.82, 2.24) is 0 Å². The van der Waals surface area contributed by atoms with E-state index in [-0.39, 0.29) is 0 Å². The van der Waals surface area contributed by atoms with Gasteiger partial charge in [-0.1, -0.05) is 87.9 Å². The van der Waals surface area contributed by atoms with E-state index < -0.39 is 5.97 Å². The van der Waals surface area contributed by atoms with Crippen LogP contribution in [0.25, 0.3) is 0 Å². The highest BCUT2D eigenvalue weighted by Gasteiger charge is 2.21. The number of unbranched alkanes of at least 4 members (excludes halogenated alkanes) is 4. The van der Waals surface area contributed by atoms with Gasteiger partial charge in [0.05, 0.1) is 0 Å². The summed E-state index contributed by atoms with van der Waals surface area (Å²) in [6, 6.07) is 9.04. The van der Waals surface area contributed by atoms with Gasteiger partial charge in [0.15, 0.2) is 0 Å². The molecule has 27 heavy (non-hydrogen) atoms. The lowest BCUT2D eigenvalue weighted by Gasteiger charge is -2.29. The molecule has 0 aliphatic heterocycles. The number of carboxylic acid groups (broad SMARTS) is 1. The molecule has 1 N–H and O–H groups in total. The zero-order chi connectivity index (χ0) is 19.3. The normalized spacial score (nSPS) is 20.5. The maximum atomic E-state index is 10.4. The molecule has 1 aromatic rings. The predicted molar refractivity (Wildman–Crippen MR) is 114 cm³/mol. The highest BCUT2D eigenvalue weighted by molar-refractivity contribution is 5.80. The van der Waals surface area contributed by atoms with Gasteiger partial charge in [-0.05, 0) is 55.1 Å². The van der Waals surface area contributed by atoms with Gasteiger partial charge in [-0.25, -0.2) is 4.79 Å². The number of carbonyl (C=O) groups is 1. The van der Waals surface area contributed by atoms with Crippen molar-refractivity contribution in [2.45, 2.75) is 83.5 Å². The number of rotatable bonds is 11. The van der Waals surface area contributed by atoms with Crippen molar-refractivity contribution in [3.63, 3.8) is 0 Å². The third-order valence-corrected chi connectivity index (χ3v) is 5.85. The monoisotopic (exact) mass is 368 g/mol. The summed E-state index contributed by atoms with van der Waals surface area (Å²) < 4.78 is 0. The first kappa shape index (κ1) is 21.5. The van der Waals surface area contributed by atoms with Crippen LogP contribution in [-0.2, 0) is 11.2 Å². The minimum atomic E-state index is -0.907. The van der Waals surface area contributed by atoms with E-state index in [1.807, 2.05) is 6.08 Å². The molecule has 0 radical (unpaired) electrons. The molecule has 0 bridgehead atoms. The Morgan fingerprint density at radius 1 is 1.00 bits per heavy atom. The highest BCUT2D eigenvalue weighted by atomic mass is 16.4. The van der Waals surface area contributed by atoms with E-state index in [0.717, 1.165) is 24.3 Å². The summed E-state index contributed by atoms with van der Waals surface area (Å²) in [7, 11) is 0. The van der Waals surface area contributed by atoms with E-state index in [2.05, 4.69) is 31.2 Å². The molecule has 148 valence electrons. The lowest BCUT2D eigenvalue weighted by Crippen LogP contribution is -2.13. The minimum absolute atomic E-state index is 0.740. The average molecular weight is 369 g/mol. The van der Waals surface area contributed by atoms with Crippen molar-refractivity contribution < 1.29 is 9.90 Å². The Labute approximate surface area is 165 Å². The third kappa shape index (κ3) is 8.60. The van der Waals surface area contributed by atoms with Gasteiger partial charge in [0.25, 0.3) is 0 Å². The third-order valence-electron chi connectivity index (χ3n) is 5.85. The first-order chi connectivity index (χ1) is 13.2. The molecule has 0 heterocycles. The van der Waals surface area contributed by atoms with Gasteiger partial charge in [0.1, 0.15) is 0 Å². The van der Waals surface area contributed by atoms with Crippen LogP contribution in [0.2, 0.25) is 0 Å². The quantitative estimate of drug-likeness (QED) is 0.258. The van der Waals surface area contributed by atoms with Crippen LogP contribution in [0.3, 0.4) is 0 Å². The number of aliphatic carboxylic acids is 1. The fourth-order valence-corrected chi connectivity index (χ4v) is 4.17. The largest absolute Gasteiger partial charge is 0.478 e. The SMILES string of the molecule is CCCCCCCC1CCC(c2ccc(CC=CC=CC(=O)O)cc2)CC1. The molecule has 1 saturated carbocycles. The fourth-order valence-electron chi connectivity index (χ4n) is 4.17. The Bertz CT molecular complexity index is 589. The molecule has 0 saturated heterocycles. The zero-order valence-electron chi connectivity index (χ0n) is 16.9. The van der Waals surface area contributed by atoms with Crippen molar-refractivity contribution in [3.05, 3.63) is 59.7 Å². The molecule has 1 fully saturated rings. The number of benzene rings is 1. The molecule has 0 atom stereocenters. The summed E-state index contributed by atoms with van der Waals surface area (Å²) >= 11 is 0. The van der Waals surface area contributed by atoms with Gasteiger partial charge < -0.3 is 5.11 Å². The number of carboxylic acids is 1. The van der Waals surface area contributed by atoms with Crippen LogP contribution in [0.4, 0.5) is 0 Å². The predicted octanol–water partition coefficient (Wildman–Crippen LogP) is 7.06. The van der Waals surface area contributed by atoms with E-state index >= 15 is 0 Å². The van der Waals surface area contributed by atoms with Gasteiger partial charge in [0.2, 0.25) is 0 Å². The van der Waals surface area contributed by atoms with Crippen LogP contribution in [-0.4, -0.2) is 11.1 Å². The van der Waals surface area contributed by atoms with Crippen LogP contribution in [0.5, 0.6) is 0 Å². The second-order valence-electron chi connectivity index (χ2n) is 7.99. The van der Waals surface area contributed by atoms with E-state index in [1.54, 1.807) is 12.2 Å². The van der Waals surface area contributed by atoms with E-state index in [9.17, 15) is 4.79 Å². The number of hydrogen-bond donors (Lipinski definition) is 1. The summed E-state index contributed by atoms with van der Waals surface area (Å²) in [5.74, 6) is 0.797. The smallest absolute Gasteiger partial charge is 0.328 e. The van der Waals surface area contributed by atoms with Crippen molar-refractivity contribution >= 4 is 5.97 Å². The Hall–Kier alpha value is -1.83. The molecule has 0 amide bonds. The molecule has 2 rings (SSSR count). The molecular weight excluding hydrogens is 332 g/mol. The van der Waals surface area contributed by atoms with Crippen molar-refractivity contribution in [1.29, 1.82) is 0 Å². The number of allylic oxidation sites excluding steroid dienone is 3. The molecule has 0 unspecified atom stereocenters. The summed E-state index contributed by atoms with van der Waals surface area (Å²) in [6.07, 6.45) is 21.3. The van der Waals surface area contributed by atoms with Gasteiger partial charge >= 0.3 is 5.97 Å². The van der Waals surface area contributed by atoms with Gasteiger partial charge in [-0.15, -0.1) is 0 Å². The molecule has 1 aliphatic carbocycles. The summed E-state index contributed by atoms with van der Waals surface area (Å²) in [6.45, 7) is 2.28. The second-order valence-corrected chi connectivity index (χ2v) is 7.99. The lowest BCUT2D eigenvalue weighted by atomic mass is 9.77. The van der Waals surface area contributed by atoms with E-state index in [1.165, 1.54) is 75.3 Å². The summed E-state index contributed by atoms with van der Waals surface area (Å²) in [5.41, 5.74) is 2.77. The van der Waals surface area contributed by atoms with Gasteiger partial charge in [-0.2, -0.15) is 0 Å². The molecule has 1 aliphatic rings. The lowest BCUT2D eigenvalue weighted by molar-refractivity contribution is -0.131. The van der Waals surface area contributed by atoms with Gasteiger partial charge in [0, 0.05) is 6.08 Å². The molecule has 0 aromatic heterocycles. The molecule has 2 nitrogen and oxygen atoms in total. The standard InChI is InChI=1S/C25H36O2/c1-2-3-4-5-7-10-21-13-17-23(18-14-21)24-19-15-22(16-20-24)11-8-6-9-12-25(26)27/h6,8-9,12,15-16,19-21,23H,2-5,7,10-11,13-14,17-18H2,1H3,(H,26,27). The Balaban J connectivity index is 1.69. The topological polar surface area (TPSA) is 37.3 Å². The summed E-state index contributed by atoms with van der Waals surface area (Å²) in [5, 5.41) is 8.55. The van der Waals surface area contributed by atoms with Crippen LogP contribution in [0, 0.1) is 5.92 Å². The van der Waals surface area contributed by atoms with Crippen LogP contribution >= 0.6 is 0 Å². The maximum absolute atomic E-state index is 10.4. The van der Waals surface area contributed by atoms with Crippen LogP contribution < -0.4 is 0 Å². The van der Waals surface area contributed by atoms with E-state index in [0.29, 0.717) is 0 Å². The summed E-state index contributed by atoms with van der Waals surface area (Å²) in [4.78, 5) is 10.4. The molecule has 0 spiro atoms. The van der Waals surface area contributed by atoms with Crippen molar-refractivity contribution in [3.8, 4) is 0 Å². The Kier molecular flexibility index (Phi) is 9.97. The molecule has 1 aromatic carbocycles. The van der Waals surface area contributed by atoms with Gasteiger partial charge in [-0.3, -0.25) is 0 Å². The minimum Gasteiger partial charge on any atom is -0.478 e. The number of hydrogen-bond acceptors (Lipinski definition) is 1. The molecular formula is C25H36O2. The van der Waals surface area contributed by atoms with Crippen molar-refractivity contribution in [2.24, 2.45) is 5.92 Å². The fraction of sp³-hybridized carbons (Fsp3) is 0.560. The second kappa shape index (κ2) is 12.5. The Morgan fingerprint density at radius 3 is 2.37 bits per heavy atom. The first-order valence-corrected chi connectivity index (χ1v) is 10.8. The highest BCUT2D eigenvalue weighted by Crippen LogP contribution is 2.37. The average Bonchev–Trinajstić information content (AvgIpc) is 2.68. The van der Waals surface area contributed by atoms with Crippen LogP contribution in [0.15, 0.2) is 48.6 Å². The zero-order valence-corrected chi connectivity index (χ0v) is 16.9.